The smallest absolute Gasteiger partial charge is 0.252 e. The van der Waals surface area contributed by atoms with Gasteiger partial charge in [-0.25, -0.2) is 8.42 Å². The molecule has 0 bridgehead atoms. The van der Waals surface area contributed by atoms with Crippen LogP contribution in [0.5, 0.6) is 0 Å². The first-order valence-corrected chi connectivity index (χ1v) is 7.38. The van der Waals surface area contributed by atoms with Crippen molar-refractivity contribution in [2.24, 2.45) is 5.73 Å². The van der Waals surface area contributed by atoms with Crippen LogP contribution in [0, 0.1) is 0 Å². The Bertz CT molecular complexity index is 430. The van der Waals surface area contributed by atoms with Crippen LogP contribution in [0.3, 0.4) is 0 Å². The molecule has 1 aromatic heterocycles. The number of thiophene rings is 1. The highest BCUT2D eigenvalue weighted by atomic mass is 79.9. The van der Waals surface area contributed by atoms with E-state index >= 15 is 0 Å². The van der Waals surface area contributed by atoms with Crippen molar-refractivity contribution in [3.8, 4) is 0 Å². The molecule has 0 aliphatic heterocycles. The van der Waals surface area contributed by atoms with Crippen LogP contribution in [-0.2, 0) is 10.0 Å². The molecule has 2 N–H and O–H groups in total. The van der Waals surface area contributed by atoms with E-state index in [0.717, 1.165) is 3.79 Å². The van der Waals surface area contributed by atoms with Crippen LogP contribution in [0.25, 0.3) is 0 Å². The summed E-state index contributed by atoms with van der Waals surface area (Å²) in [5.41, 5.74) is 5.44. The Balaban J connectivity index is 3.03. The standard InChI is InChI=1S/C8H13BrN2O2S2/c1-6(5-10)11(2)15(12,13)8-4-3-7(9)14-8/h3-4,6H,5,10H2,1-2H3. The Morgan fingerprint density at radius 3 is 2.60 bits per heavy atom. The van der Waals surface area contributed by atoms with Crippen LogP contribution in [0.1, 0.15) is 6.92 Å². The van der Waals surface area contributed by atoms with Gasteiger partial charge in [0.2, 0.25) is 0 Å². The first-order valence-electron chi connectivity index (χ1n) is 4.33. The number of nitrogens with two attached hydrogens (primary N) is 1. The predicted octanol–water partition coefficient (Wildman–Crippen LogP) is 1.48. The first kappa shape index (κ1) is 13.1. The highest BCUT2D eigenvalue weighted by Gasteiger charge is 2.25. The summed E-state index contributed by atoms with van der Waals surface area (Å²) in [6.45, 7) is 2.09. The fraction of sp³-hybridized carbons (Fsp3) is 0.500. The van der Waals surface area contributed by atoms with E-state index in [1.165, 1.54) is 15.6 Å². The molecule has 7 heteroatoms. The normalized spacial score (nSPS) is 14.5. The molecule has 4 nitrogen and oxygen atoms in total. The molecule has 0 aromatic carbocycles. The summed E-state index contributed by atoms with van der Waals surface area (Å²) in [6.07, 6.45) is 0. The molecule has 0 spiro atoms. The van der Waals surface area contributed by atoms with E-state index in [0.29, 0.717) is 10.8 Å². The van der Waals surface area contributed by atoms with Crippen LogP contribution < -0.4 is 5.73 Å². The van der Waals surface area contributed by atoms with E-state index in [1.54, 1.807) is 26.1 Å². The summed E-state index contributed by atoms with van der Waals surface area (Å²) in [7, 11) is -1.85. The van der Waals surface area contributed by atoms with Crippen molar-refractivity contribution >= 4 is 37.3 Å². The molecule has 1 unspecified atom stereocenters. The molecule has 0 radical (unpaired) electrons. The quantitative estimate of drug-likeness (QED) is 0.916. The van der Waals surface area contributed by atoms with Gasteiger partial charge in [-0.05, 0) is 35.0 Å². The lowest BCUT2D eigenvalue weighted by atomic mass is 10.4. The Kier molecular flexibility index (Phi) is 4.30. The highest BCUT2D eigenvalue weighted by Crippen LogP contribution is 2.28. The zero-order chi connectivity index (χ0) is 11.6. The minimum atomic E-state index is -3.39. The van der Waals surface area contributed by atoms with Gasteiger partial charge >= 0.3 is 0 Å². The van der Waals surface area contributed by atoms with Crippen molar-refractivity contribution in [3.05, 3.63) is 15.9 Å². The molecule has 15 heavy (non-hydrogen) atoms. The van der Waals surface area contributed by atoms with E-state index in [2.05, 4.69) is 15.9 Å². The van der Waals surface area contributed by atoms with Crippen molar-refractivity contribution in [2.75, 3.05) is 13.6 Å². The van der Waals surface area contributed by atoms with Crippen molar-refractivity contribution in [3.63, 3.8) is 0 Å². The molecule has 0 fully saturated rings. The van der Waals surface area contributed by atoms with Crippen LogP contribution in [0.15, 0.2) is 20.1 Å². The van der Waals surface area contributed by atoms with Crippen LogP contribution >= 0.6 is 27.3 Å². The number of likely N-dealkylation sites (N-methyl/N-ethyl adjacent to an activating group) is 1. The third-order valence-electron chi connectivity index (χ3n) is 2.14. The fourth-order valence-electron chi connectivity index (χ4n) is 0.964. The maximum absolute atomic E-state index is 12.0. The Morgan fingerprint density at radius 2 is 2.20 bits per heavy atom. The van der Waals surface area contributed by atoms with Gasteiger partial charge in [0.05, 0.1) is 3.79 Å². The first-order chi connectivity index (χ1) is 6.89. The zero-order valence-electron chi connectivity index (χ0n) is 8.47. The third kappa shape index (κ3) is 2.79. The van der Waals surface area contributed by atoms with Gasteiger partial charge in [0, 0.05) is 19.6 Å². The van der Waals surface area contributed by atoms with E-state index in [9.17, 15) is 8.42 Å². The summed E-state index contributed by atoms with van der Waals surface area (Å²) in [4.78, 5) is 0. The van der Waals surface area contributed by atoms with Gasteiger partial charge in [-0.2, -0.15) is 4.31 Å². The number of halogens is 1. The SMILES string of the molecule is CC(CN)N(C)S(=O)(=O)c1ccc(Br)s1. The minimum absolute atomic E-state index is 0.198. The van der Waals surface area contributed by atoms with Crippen molar-refractivity contribution in [1.82, 2.24) is 4.31 Å². The van der Waals surface area contributed by atoms with Crippen molar-refractivity contribution < 1.29 is 8.42 Å². The average Bonchev–Trinajstić information content (AvgIpc) is 2.63. The van der Waals surface area contributed by atoms with E-state index in [4.69, 9.17) is 5.73 Å². The molecule has 0 aliphatic rings. The predicted molar refractivity (Wildman–Crippen MR) is 65.5 cm³/mol. The van der Waals surface area contributed by atoms with Crippen molar-refractivity contribution in [2.45, 2.75) is 17.2 Å². The molecule has 1 rings (SSSR count). The summed E-state index contributed by atoms with van der Waals surface area (Å²) in [5.74, 6) is 0. The molecule has 0 saturated heterocycles. The summed E-state index contributed by atoms with van der Waals surface area (Å²) < 4.78 is 26.4. The second-order valence-electron chi connectivity index (χ2n) is 3.16. The van der Waals surface area contributed by atoms with E-state index < -0.39 is 10.0 Å². The second kappa shape index (κ2) is 4.92. The van der Waals surface area contributed by atoms with Gasteiger partial charge in [-0.1, -0.05) is 0 Å². The largest absolute Gasteiger partial charge is 0.329 e. The fourth-order valence-corrected chi connectivity index (χ4v) is 4.53. The molecule has 1 aromatic rings. The molecule has 1 atom stereocenters. The molecular weight excluding hydrogens is 300 g/mol. The summed E-state index contributed by atoms with van der Waals surface area (Å²) >= 11 is 4.44. The topological polar surface area (TPSA) is 63.4 Å². The van der Waals surface area contributed by atoms with E-state index in [-0.39, 0.29) is 6.04 Å². The van der Waals surface area contributed by atoms with Crippen LogP contribution in [0.2, 0.25) is 0 Å². The lowest BCUT2D eigenvalue weighted by Gasteiger charge is -2.21. The maximum Gasteiger partial charge on any atom is 0.252 e. The van der Waals surface area contributed by atoms with Gasteiger partial charge in [0.25, 0.3) is 10.0 Å². The molecule has 0 amide bonds. The summed E-state index contributed by atoms with van der Waals surface area (Å²) in [6, 6.07) is 3.11. The number of nitrogens with zero attached hydrogens (tertiary/aromatic N) is 1. The Labute approximate surface area is 102 Å². The lowest BCUT2D eigenvalue weighted by molar-refractivity contribution is 0.395. The van der Waals surface area contributed by atoms with Crippen LogP contribution in [-0.4, -0.2) is 32.4 Å². The van der Waals surface area contributed by atoms with Gasteiger partial charge in [-0.3, -0.25) is 0 Å². The third-order valence-corrected chi connectivity index (χ3v) is 6.21. The second-order valence-corrected chi connectivity index (χ2v) is 7.85. The van der Waals surface area contributed by atoms with Gasteiger partial charge in [0.1, 0.15) is 4.21 Å². The van der Waals surface area contributed by atoms with Gasteiger partial charge < -0.3 is 5.73 Å². The minimum Gasteiger partial charge on any atom is -0.329 e. The van der Waals surface area contributed by atoms with Gasteiger partial charge in [-0.15, -0.1) is 11.3 Å². The monoisotopic (exact) mass is 312 g/mol. The Hall–Kier alpha value is 0.0500. The van der Waals surface area contributed by atoms with E-state index in [1.807, 2.05) is 0 Å². The molecule has 0 saturated carbocycles. The lowest BCUT2D eigenvalue weighted by Crippen LogP contribution is -2.39. The molecule has 1 heterocycles. The Morgan fingerprint density at radius 1 is 1.60 bits per heavy atom. The molecule has 86 valence electrons. The van der Waals surface area contributed by atoms with Crippen LogP contribution in [0.4, 0.5) is 0 Å². The molecule has 0 aliphatic carbocycles. The van der Waals surface area contributed by atoms with Crippen molar-refractivity contribution in [1.29, 1.82) is 0 Å². The summed E-state index contributed by atoms with van der Waals surface area (Å²) in [5, 5.41) is 0. The number of hydrogen-bond acceptors (Lipinski definition) is 4. The maximum atomic E-state index is 12.0. The average molecular weight is 313 g/mol. The number of rotatable bonds is 4. The molecular formula is C8H13BrN2O2S2. The number of hydrogen-bond donors (Lipinski definition) is 1. The van der Waals surface area contributed by atoms with Gasteiger partial charge in [0.15, 0.2) is 0 Å². The zero-order valence-corrected chi connectivity index (χ0v) is 11.7. The number of sulfonamides is 1. The highest BCUT2D eigenvalue weighted by molar-refractivity contribution is 9.11.